The number of carbonyl (C=O) groups excluding carboxylic acids is 1. The lowest BCUT2D eigenvalue weighted by molar-refractivity contribution is 0.0794. The van der Waals surface area contributed by atoms with Crippen molar-refractivity contribution in [3.8, 4) is 0 Å². The van der Waals surface area contributed by atoms with Gasteiger partial charge in [-0.2, -0.15) is 0 Å². The van der Waals surface area contributed by atoms with E-state index in [1.165, 1.54) is 0 Å². The van der Waals surface area contributed by atoms with Gasteiger partial charge >= 0.3 is 0 Å². The van der Waals surface area contributed by atoms with Crippen LogP contribution in [0.15, 0.2) is 28.9 Å². The molecule has 1 aliphatic heterocycles. The highest BCUT2D eigenvalue weighted by Gasteiger charge is 2.21. The average molecular weight is 293 g/mol. The van der Waals surface area contributed by atoms with Gasteiger partial charge in [0.05, 0.1) is 5.56 Å². The number of H-pyrrole nitrogens is 1. The summed E-state index contributed by atoms with van der Waals surface area (Å²) in [5.41, 5.74) is 1.79. The minimum Gasteiger partial charge on any atom is -0.361 e. The summed E-state index contributed by atoms with van der Waals surface area (Å²) < 4.78 is 0.940. The van der Waals surface area contributed by atoms with E-state index >= 15 is 0 Å². The van der Waals surface area contributed by atoms with E-state index in [0.29, 0.717) is 0 Å². The Bertz CT molecular complexity index is 570. The number of carbonyl (C=O) groups is 1. The Balaban J connectivity index is 2.09. The van der Waals surface area contributed by atoms with Gasteiger partial charge < -0.3 is 9.88 Å². The zero-order chi connectivity index (χ0) is 11.8. The van der Waals surface area contributed by atoms with Crippen LogP contribution in [0, 0.1) is 0 Å². The standard InChI is InChI=1S/C13H13BrN2O/c14-9-7-11(10-3-4-15-12(10)8-9)13(17)16-5-1-2-6-16/h3-4,7-8,15H,1-2,5-6H2. The number of hydrogen-bond acceptors (Lipinski definition) is 1. The predicted molar refractivity (Wildman–Crippen MR) is 71.1 cm³/mol. The van der Waals surface area contributed by atoms with E-state index in [2.05, 4.69) is 20.9 Å². The first-order valence-corrected chi connectivity index (χ1v) is 6.61. The van der Waals surface area contributed by atoms with Crippen LogP contribution in [0.2, 0.25) is 0 Å². The van der Waals surface area contributed by atoms with Crippen molar-refractivity contribution in [3.05, 3.63) is 34.4 Å². The van der Waals surface area contributed by atoms with Crippen LogP contribution in [0.25, 0.3) is 10.9 Å². The highest BCUT2D eigenvalue weighted by molar-refractivity contribution is 9.10. The van der Waals surface area contributed by atoms with Gasteiger partial charge in [0.25, 0.3) is 5.91 Å². The summed E-state index contributed by atoms with van der Waals surface area (Å²) in [5.74, 6) is 0.147. The molecule has 1 amide bonds. The van der Waals surface area contributed by atoms with Crippen molar-refractivity contribution in [1.29, 1.82) is 0 Å². The van der Waals surface area contributed by atoms with Gasteiger partial charge in [0.1, 0.15) is 0 Å². The molecule has 2 aromatic rings. The summed E-state index contributed by atoms with van der Waals surface area (Å²) >= 11 is 3.45. The van der Waals surface area contributed by atoms with Crippen LogP contribution in [-0.2, 0) is 0 Å². The normalized spacial score (nSPS) is 15.7. The van der Waals surface area contributed by atoms with Crippen LogP contribution in [0.4, 0.5) is 0 Å². The average Bonchev–Trinajstić information content (AvgIpc) is 2.97. The number of hydrogen-bond donors (Lipinski definition) is 1. The SMILES string of the molecule is O=C(c1cc(Br)cc2[nH]ccc12)N1CCCC1. The molecule has 1 N–H and O–H groups in total. The first kappa shape index (κ1) is 10.8. The van der Waals surface area contributed by atoms with Gasteiger partial charge in [0.15, 0.2) is 0 Å². The molecule has 0 unspecified atom stereocenters. The predicted octanol–water partition coefficient (Wildman–Crippen LogP) is 3.17. The van der Waals surface area contributed by atoms with E-state index in [4.69, 9.17) is 0 Å². The molecule has 1 aromatic heterocycles. The Morgan fingerprint density at radius 1 is 1.29 bits per heavy atom. The van der Waals surface area contributed by atoms with Crippen LogP contribution in [0.1, 0.15) is 23.2 Å². The van der Waals surface area contributed by atoms with Crippen molar-refractivity contribution in [2.45, 2.75) is 12.8 Å². The molecule has 1 aromatic carbocycles. The summed E-state index contributed by atoms with van der Waals surface area (Å²) in [6.07, 6.45) is 4.11. The first-order chi connectivity index (χ1) is 8.25. The van der Waals surface area contributed by atoms with E-state index in [-0.39, 0.29) is 5.91 Å². The Hall–Kier alpha value is -1.29. The second kappa shape index (κ2) is 4.18. The Morgan fingerprint density at radius 2 is 2.06 bits per heavy atom. The molecule has 17 heavy (non-hydrogen) atoms. The maximum Gasteiger partial charge on any atom is 0.254 e. The molecule has 3 nitrogen and oxygen atoms in total. The lowest BCUT2D eigenvalue weighted by Gasteiger charge is -2.16. The van der Waals surface area contributed by atoms with Gasteiger partial charge in [0.2, 0.25) is 0 Å². The molecule has 1 aliphatic rings. The van der Waals surface area contributed by atoms with Gasteiger partial charge in [0, 0.05) is 34.7 Å². The third kappa shape index (κ3) is 1.86. The molecule has 4 heteroatoms. The van der Waals surface area contributed by atoms with E-state index in [1.54, 1.807) is 0 Å². The van der Waals surface area contributed by atoms with Gasteiger partial charge in [-0.15, -0.1) is 0 Å². The molecule has 0 atom stereocenters. The second-order valence-electron chi connectivity index (χ2n) is 4.39. The number of likely N-dealkylation sites (tertiary alicyclic amines) is 1. The van der Waals surface area contributed by atoms with E-state index < -0.39 is 0 Å². The minimum atomic E-state index is 0.147. The zero-order valence-corrected chi connectivity index (χ0v) is 11.0. The van der Waals surface area contributed by atoms with Gasteiger partial charge in [-0.25, -0.2) is 0 Å². The van der Waals surface area contributed by atoms with Crippen LogP contribution in [-0.4, -0.2) is 28.9 Å². The Labute approximate surface area is 108 Å². The highest BCUT2D eigenvalue weighted by Crippen LogP contribution is 2.25. The van der Waals surface area contributed by atoms with Crippen molar-refractivity contribution >= 4 is 32.7 Å². The number of fused-ring (bicyclic) bond motifs is 1. The van der Waals surface area contributed by atoms with Gasteiger partial charge in [-0.1, -0.05) is 15.9 Å². The molecule has 0 radical (unpaired) electrons. The third-order valence-corrected chi connectivity index (χ3v) is 3.72. The first-order valence-electron chi connectivity index (χ1n) is 5.81. The number of nitrogens with one attached hydrogen (secondary N) is 1. The maximum atomic E-state index is 12.4. The Kier molecular flexibility index (Phi) is 2.67. The van der Waals surface area contributed by atoms with E-state index in [0.717, 1.165) is 46.9 Å². The fourth-order valence-electron chi connectivity index (χ4n) is 2.40. The summed E-state index contributed by atoms with van der Waals surface area (Å²) in [5, 5.41) is 1.00. The van der Waals surface area contributed by atoms with Crippen molar-refractivity contribution in [2.24, 2.45) is 0 Å². The summed E-state index contributed by atoms with van der Waals surface area (Å²) in [4.78, 5) is 17.5. The van der Waals surface area contributed by atoms with E-state index in [1.807, 2.05) is 29.3 Å². The number of halogens is 1. The quantitative estimate of drug-likeness (QED) is 0.861. The van der Waals surface area contributed by atoms with Gasteiger partial charge in [-0.05, 0) is 31.0 Å². The van der Waals surface area contributed by atoms with E-state index in [9.17, 15) is 4.79 Å². The van der Waals surface area contributed by atoms with Crippen molar-refractivity contribution in [1.82, 2.24) is 9.88 Å². The van der Waals surface area contributed by atoms with Crippen LogP contribution >= 0.6 is 15.9 Å². The number of nitrogens with zero attached hydrogens (tertiary/aromatic N) is 1. The smallest absolute Gasteiger partial charge is 0.254 e. The van der Waals surface area contributed by atoms with Crippen molar-refractivity contribution in [3.63, 3.8) is 0 Å². The van der Waals surface area contributed by atoms with Crippen LogP contribution < -0.4 is 0 Å². The molecule has 3 rings (SSSR count). The van der Waals surface area contributed by atoms with Crippen molar-refractivity contribution < 1.29 is 4.79 Å². The fourth-order valence-corrected chi connectivity index (χ4v) is 2.86. The molecule has 0 aliphatic carbocycles. The number of rotatable bonds is 1. The van der Waals surface area contributed by atoms with Crippen LogP contribution in [0.3, 0.4) is 0 Å². The molecule has 2 heterocycles. The molecule has 1 saturated heterocycles. The molecular weight excluding hydrogens is 280 g/mol. The molecule has 0 saturated carbocycles. The fraction of sp³-hybridized carbons (Fsp3) is 0.308. The molecular formula is C13H13BrN2O. The second-order valence-corrected chi connectivity index (χ2v) is 5.31. The number of aromatic amines is 1. The summed E-state index contributed by atoms with van der Waals surface area (Å²) in [6, 6.07) is 5.87. The topological polar surface area (TPSA) is 36.1 Å². The van der Waals surface area contributed by atoms with Crippen molar-refractivity contribution in [2.75, 3.05) is 13.1 Å². The third-order valence-electron chi connectivity index (χ3n) is 3.26. The molecule has 1 fully saturated rings. The highest BCUT2D eigenvalue weighted by atomic mass is 79.9. The zero-order valence-electron chi connectivity index (χ0n) is 9.37. The monoisotopic (exact) mass is 292 g/mol. The minimum absolute atomic E-state index is 0.147. The number of aromatic nitrogens is 1. The summed E-state index contributed by atoms with van der Waals surface area (Å²) in [7, 11) is 0. The van der Waals surface area contributed by atoms with Crippen LogP contribution in [0.5, 0.6) is 0 Å². The molecule has 88 valence electrons. The lowest BCUT2D eigenvalue weighted by Crippen LogP contribution is -2.27. The maximum absolute atomic E-state index is 12.4. The lowest BCUT2D eigenvalue weighted by atomic mass is 10.1. The number of benzene rings is 1. The Morgan fingerprint density at radius 3 is 2.82 bits per heavy atom. The number of amides is 1. The largest absolute Gasteiger partial charge is 0.361 e. The summed E-state index contributed by atoms with van der Waals surface area (Å²) in [6.45, 7) is 1.77. The molecule has 0 spiro atoms. The van der Waals surface area contributed by atoms with Gasteiger partial charge in [-0.3, -0.25) is 4.79 Å². The molecule has 0 bridgehead atoms.